The Kier molecular flexibility index (Phi) is 4.38. The number of halogens is 2. The number of para-hydroxylation sites is 2. The zero-order valence-corrected chi connectivity index (χ0v) is 14.0. The molecule has 0 fully saturated rings. The van der Waals surface area contributed by atoms with Gasteiger partial charge in [0.2, 0.25) is 0 Å². The third-order valence-electron chi connectivity index (χ3n) is 4.18. The number of ether oxygens (including phenoxy) is 1. The fraction of sp³-hybridized carbons (Fsp3) is 0.0476. The van der Waals surface area contributed by atoms with E-state index in [1.165, 1.54) is 12.1 Å². The maximum atomic E-state index is 12.8. The van der Waals surface area contributed by atoms with E-state index in [4.69, 9.17) is 0 Å². The molecule has 0 saturated carbocycles. The molecule has 1 aromatic heterocycles. The third-order valence-corrected chi connectivity index (χ3v) is 4.18. The van der Waals surface area contributed by atoms with Gasteiger partial charge < -0.3 is 9.72 Å². The van der Waals surface area contributed by atoms with E-state index in [0.29, 0.717) is 16.6 Å². The molecule has 6 heteroatoms. The van der Waals surface area contributed by atoms with Gasteiger partial charge in [0.25, 0.3) is 5.56 Å². The lowest BCUT2D eigenvalue weighted by Crippen LogP contribution is -2.11. The van der Waals surface area contributed by atoms with E-state index in [1.807, 2.05) is 30.3 Å². The minimum atomic E-state index is -2.94. The first-order chi connectivity index (χ1) is 13.1. The number of hydrogen-bond donors (Lipinski definition) is 1. The van der Waals surface area contributed by atoms with Crippen LogP contribution in [-0.2, 0) is 0 Å². The molecule has 4 aromatic rings. The van der Waals surface area contributed by atoms with Crippen LogP contribution in [0.5, 0.6) is 5.75 Å². The van der Waals surface area contributed by atoms with E-state index in [0.717, 1.165) is 10.8 Å². The van der Waals surface area contributed by atoms with Gasteiger partial charge in [-0.25, -0.2) is 4.98 Å². The monoisotopic (exact) mass is 364 g/mol. The summed E-state index contributed by atoms with van der Waals surface area (Å²) in [6.45, 7) is -2.94. The molecule has 0 radical (unpaired) electrons. The van der Waals surface area contributed by atoms with Gasteiger partial charge >= 0.3 is 6.61 Å². The fourth-order valence-electron chi connectivity index (χ4n) is 2.97. The molecule has 0 atom stereocenters. The maximum absolute atomic E-state index is 12.8. The van der Waals surface area contributed by atoms with E-state index in [9.17, 15) is 13.6 Å². The number of nitrogens with one attached hydrogen (secondary N) is 1. The summed E-state index contributed by atoms with van der Waals surface area (Å²) < 4.78 is 30.2. The van der Waals surface area contributed by atoms with Gasteiger partial charge in [-0.1, -0.05) is 42.5 Å². The summed E-state index contributed by atoms with van der Waals surface area (Å²) in [5.74, 6) is 0.0390. The van der Waals surface area contributed by atoms with Crippen LogP contribution in [-0.4, -0.2) is 16.6 Å². The third kappa shape index (κ3) is 3.42. The number of aromatic amines is 1. The summed E-state index contributed by atoms with van der Waals surface area (Å²) in [7, 11) is 0. The summed E-state index contributed by atoms with van der Waals surface area (Å²) >= 11 is 0. The Labute approximate surface area is 152 Å². The lowest BCUT2D eigenvalue weighted by molar-refractivity contribution is -0.0498. The highest BCUT2D eigenvalue weighted by atomic mass is 19.3. The summed E-state index contributed by atoms with van der Waals surface area (Å²) in [6.07, 6.45) is 3.08. The van der Waals surface area contributed by atoms with E-state index in [2.05, 4.69) is 14.7 Å². The largest absolute Gasteiger partial charge is 0.434 e. The van der Waals surface area contributed by atoms with Crippen LogP contribution in [0.15, 0.2) is 65.5 Å². The summed E-state index contributed by atoms with van der Waals surface area (Å²) in [6, 6.07) is 17.7. The van der Waals surface area contributed by atoms with E-state index >= 15 is 0 Å². The second kappa shape index (κ2) is 6.99. The molecular weight excluding hydrogens is 350 g/mol. The molecule has 134 valence electrons. The molecule has 0 aliphatic rings. The first-order valence-electron chi connectivity index (χ1n) is 8.25. The number of benzene rings is 3. The van der Waals surface area contributed by atoms with Crippen molar-refractivity contribution in [1.29, 1.82) is 0 Å². The van der Waals surface area contributed by atoms with Crippen LogP contribution in [0.1, 0.15) is 11.3 Å². The second-order valence-electron chi connectivity index (χ2n) is 5.88. The highest BCUT2D eigenvalue weighted by Gasteiger charge is 2.11. The van der Waals surface area contributed by atoms with Gasteiger partial charge in [0.05, 0.1) is 11.0 Å². The Morgan fingerprint density at radius 1 is 0.963 bits per heavy atom. The van der Waals surface area contributed by atoms with Gasteiger partial charge in [0, 0.05) is 5.56 Å². The van der Waals surface area contributed by atoms with Crippen molar-refractivity contribution in [3.05, 3.63) is 82.3 Å². The van der Waals surface area contributed by atoms with Gasteiger partial charge in [0.1, 0.15) is 11.4 Å². The van der Waals surface area contributed by atoms with Crippen molar-refractivity contribution in [2.24, 2.45) is 0 Å². The Morgan fingerprint density at radius 3 is 2.59 bits per heavy atom. The lowest BCUT2D eigenvalue weighted by Gasteiger charge is -2.11. The van der Waals surface area contributed by atoms with Crippen molar-refractivity contribution in [3.8, 4) is 5.75 Å². The van der Waals surface area contributed by atoms with E-state index in [-0.39, 0.29) is 17.0 Å². The number of fused-ring (bicyclic) bond motifs is 2. The topological polar surface area (TPSA) is 55.0 Å². The Hall–Kier alpha value is -3.54. The minimum Gasteiger partial charge on any atom is -0.434 e. The number of H-pyrrole nitrogens is 1. The normalized spacial score (nSPS) is 11.7. The zero-order chi connectivity index (χ0) is 18.8. The van der Waals surface area contributed by atoms with Crippen LogP contribution >= 0.6 is 0 Å². The SMILES string of the molecule is O=c1[nH]c2ccccc2nc1/C=C/c1c(OC(F)F)ccc2ccccc12. The minimum absolute atomic E-state index is 0.0390. The first kappa shape index (κ1) is 16.9. The van der Waals surface area contributed by atoms with Crippen LogP contribution in [0.25, 0.3) is 34.0 Å². The standard InChI is InChI=1S/C21H14F2N2O2/c22-21(23)27-19-12-9-13-5-1-2-6-14(13)15(19)10-11-18-20(26)25-17-8-4-3-7-16(17)24-18/h1-12,21H,(H,25,26)/b11-10+. The number of aromatic nitrogens is 2. The zero-order valence-electron chi connectivity index (χ0n) is 14.0. The molecule has 27 heavy (non-hydrogen) atoms. The molecule has 0 saturated heterocycles. The van der Waals surface area contributed by atoms with Crippen molar-refractivity contribution in [2.45, 2.75) is 6.61 Å². The molecule has 0 unspecified atom stereocenters. The van der Waals surface area contributed by atoms with E-state index < -0.39 is 6.61 Å². The van der Waals surface area contributed by atoms with Gasteiger partial charge in [0.15, 0.2) is 0 Å². The average Bonchev–Trinajstić information content (AvgIpc) is 2.66. The lowest BCUT2D eigenvalue weighted by atomic mass is 10.0. The van der Waals surface area contributed by atoms with Crippen molar-refractivity contribution < 1.29 is 13.5 Å². The highest BCUT2D eigenvalue weighted by molar-refractivity contribution is 5.95. The van der Waals surface area contributed by atoms with Gasteiger partial charge in [-0.2, -0.15) is 8.78 Å². The quantitative estimate of drug-likeness (QED) is 0.563. The highest BCUT2D eigenvalue weighted by Crippen LogP contribution is 2.30. The molecule has 0 aliphatic heterocycles. The Bertz CT molecular complexity index is 1220. The van der Waals surface area contributed by atoms with Crippen LogP contribution in [0.2, 0.25) is 0 Å². The first-order valence-corrected chi connectivity index (χ1v) is 8.25. The van der Waals surface area contributed by atoms with E-state index in [1.54, 1.807) is 30.3 Å². The van der Waals surface area contributed by atoms with Crippen molar-refractivity contribution in [2.75, 3.05) is 0 Å². The van der Waals surface area contributed by atoms with Crippen LogP contribution in [0.3, 0.4) is 0 Å². The molecule has 0 aliphatic carbocycles. The summed E-state index contributed by atoms with van der Waals surface area (Å²) in [5.41, 5.74) is 1.55. The fourth-order valence-corrected chi connectivity index (χ4v) is 2.97. The molecule has 0 bridgehead atoms. The molecule has 0 spiro atoms. The number of nitrogens with zero attached hydrogens (tertiary/aromatic N) is 1. The van der Waals surface area contributed by atoms with Crippen molar-refractivity contribution in [3.63, 3.8) is 0 Å². The van der Waals surface area contributed by atoms with Gasteiger partial charge in [-0.15, -0.1) is 0 Å². The Balaban J connectivity index is 1.85. The van der Waals surface area contributed by atoms with Crippen LogP contribution < -0.4 is 10.3 Å². The predicted octanol–water partition coefficient (Wildman–Crippen LogP) is 4.85. The van der Waals surface area contributed by atoms with Gasteiger partial charge in [-0.3, -0.25) is 4.79 Å². The second-order valence-corrected chi connectivity index (χ2v) is 5.88. The summed E-state index contributed by atoms with van der Waals surface area (Å²) in [5, 5.41) is 1.61. The number of hydrogen-bond acceptors (Lipinski definition) is 3. The summed E-state index contributed by atoms with van der Waals surface area (Å²) in [4.78, 5) is 19.4. The van der Waals surface area contributed by atoms with Crippen molar-refractivity contribution in [1.82, 2.24) is 9.97 Å². The molecule has 1 N–H and O–H groups in total. The van der Waals surface area contributed by atoms with Crippen LogP contribution in [0.4, 0.5) is 8.78 Å². The number of alkyl halides is 2. The molecule has 4 rings (SSSR count). The average molecular weight is 364 g/mol. The molecule has 0 amide bonds. The molecule has 4 nitrogen and oxygen atoms in total. The smallest absolute Gasteiger partial charge is 0.387 e. The van der Waals surface area contributed by atoms with Crippen molar-refractivity contribution >= 4 is 34.0 Å². The molecule has 3 aromatic carbocycles. The predicted molar refractivity (Wildman–Crippen MR) is 102 cm³/mol. The maximum Gasteiger partial charge on any atom is 0.387 e. The Morgan fingerprint density at radius 2 is 1.74 bits per heavy atom. The van der Waals surface area contributed by atoms with Gasteiger partial charge in [-0.05, 0) is 41.1 Å². The van der Waals surface area contributed by atoms with Crippen LogP contribution in [0, 0.1) is 0 Å². The number of rotatable bonds is 4. The molecule has 1 heterocycles. The molecular formula is C21H14F2N2O2.